The summed E-state index contributed by atoms with van der Waals surface area (Å²) in [5.41, 5.74) is 0.988. The molecule has 0 aromatic heterocycles. The summed E-state index contributed by atoms with van der Waals surface area (Å²) in [5, 5.41) is 3.24. The summed E-state index contributed by atoms with van der Waals surface area (Å²) in [4.78, 5) is 0. The molecule has 0 atom stereocenters. The van der Waals surface area contributed by atoms with Gasteiger partial charge in [0.2, 0.25) is 0 Å². The molecule has 0 aliphatic heterocycles. The third-order valence-electron chi connectivity index (χ3n) is 1.90. The van der Waals surface area contributed by atoms with Crippen LogP contribution in [0.25, 0.3) is 0 Å². The van der Waals surface area contributed by atoms with Crippen LogP contribution in [-0.4, -0.2) is 6.54 Å². The van der Waals surface area contributed by atoms with E-state index in [2.05, 4.69) is 19.2 Å². The van der Waals surface area contributed by atoms with Gasteiger partial charge in [0.25, 0.3) is 0 Å². The highest BCUT2D eigenvalue weighted by molar-refractivity contribution is 5.42. The average molecular weight is 181 g/mol. The van der Waals surface area contributed by atoms with Crippen LogP contribution in [-0.2, 0) is 0 Å². The minimum absolute atomic E-state index is 0.186. The van der Waals surface area contributed by atoms with E-state index in [0.717, 1.165) is 18.7 Å². The standard InChI is InChI=1S/C11H16FN/c1-9(2)7-8-13-11-5-3-10(12)4-6-11/h3-6,9,13H,7-8H2,1-2H3. The minimum Gasteiger partial charge on any atom is -0.385 e. The molecule has 1 rings (SSSR count). The van der Waals surface area contributed by atoms with Crippen molar-refractivity contribution in [1.29, 1.82) is 0 Å². The Bertz CT molecular complexity index is 241. The molecule has 0 aliphatic carbocycles. The lowest BCUT2D eigenvalue weighted by atomic mass is 10.1. The fourth-order valence-electron chi connectivity index (χ4n) is 1.07. The number of nitrogens with one attached hydrogen (secondary N) is 1. The second-order valence-electron chi connectivity index (χ2n) is 3.62. The SMILES string of the molecule is CC(C)CCNc1ccc(F)cc1. The predicted molar refractivity (Wildman–Crippen MR) is 54.3 cm³/mol. The van der Waals surface area contributed by atoms with Gasteiger partial charge >= 0.3 is 0 Å². The van der Waals surface area contributed by atoms with Crippen LogP contribution in [0.15, 0.2) is 24.3 Å². The van der Waals surface area contributed by atoms with Crippen LogP contribution in [0, 0.1) is 11.7 Å². The monoisotopic (exact) mass is 181 g/mol. The summed E-state index contributed by atoms with van der Waals surface area (Å²) in [6.45, 7) is 5.32. The molecule has 1 aromatic rings. The molecule has 1 nitrogen and oxygen atoms in total. The van der Waals surface area contributed by atoms with Crippen molar-refractivity contribution >= 4 is 5.69 Å². The number of rotatable bonds is 4. The van der Waals surface area contributed by atoms with Crippen molar-refractivity contribution in [1.82, 2.24) is 0 Å². The molecule has 2 heteroatoms. The first-order valence-electron chi connectivity index (χ1n) is 4.68. The molecular weight excluding hydrogens is 165 g/mol. The number of benzene rings is 1. The molecule has 0 unspecified atom stereocenters. The Balaban J connectivity index is 2.33. The molecule has 1 N–H and O–H groups in total. The van der Waals surface area contributed by atoms with Crippen LogP contribution in [0.1, 0.15) is 20.3 Å². The molecule has 0 spiro atoms. The average Bonchev–Trinajstić information content (AvgIpc) is 2.08. The quantitative estimate of drug-likeness (QED) is 0.751. The van der Waals surface area contributed by atoms with E-state index in [1.165, 1.54) is 12.1 Å². The number of anilines is 1. The van der Waals surface area contributed by atoms with Crippen LogP contribution in [0.4, 0.5) is 10.1 Å². The van der Waals surface area contributed by atoms with Gasteiger partial charge in [0.1, 0.15) is 5.82 Å². The Labute approximate surface area is 79.0 Å². The molecule has 1 aromatic carbocycles. The second-order valence-corrected chi connectivity index (χ2v) is 3.62. The molecule has 0 radical (unpaired) electrons. The molecule has 0 amide bonds. The van der Waals surface area contributed by atoms with Crippen molar-refractivity contribution in [3.63, 3.8) is 0 Å². The smallest absolute Gasteiger partial charge is 0.123 e. The maximum atomic E-state index is 12.5. The Hall–Kier alpha value is -1.05. The zero-order valence-corrected chi connectivity index (χ0v) is 8.18. The highest BCUT2D eigenvalue weighted by Crippen LogP contribution is 2.08. The van der Waals surface area contributed by atoms with E-state index in [1.54, 1.807) is 12.1 Å². The van der Waals surface area contributed by atoms with Gasteiger partial charge in [-0.15, -0.1) is 0 Å². The van der Waals surface area contributed by atoms with Gasteiger partial charge < -0.3 is 5.32 Å². The van der Waals surface area contributed by atoms with Crippen molar-refractivity contribution in [2.75, 3.05) is 11.9 Å². The highest BCUT2D eigenvalue weighted by Gasteiger charge is 1.94. The van der Waals surface area contributed by atoms with E-state index in [0.29, 0.717) is 5.92 Å². The first-order chi connectivity index (χ1) is 6.18. The maximum absolute atomic E-state index is 12.5. The summed E-state index contributed by atoms with van der Waals surface area (Å²) in [6.07, 6.45) is 1.14. The van der Waals surface area contributed by atoms with E-state index >= 15 is 0 Å². The highest BCUT2D eigenvalue weighted by atomic mass is 19.1. The molecule has 0 aliphatic rings. The molecule has 0 heterocycles. The summed E-state index contributed by atoms with van der Waals surface area (Å²) in [7, 11) is 0. The topological polar surface area (TPSA) is 12.0 Å². The zero-order valence-electron chi connectivity index (χ0n) is 8.18. The van der Waals surface area contributed by atoms with Gasteiger partial charge in [0, 0.05) is 12.2 Å². The van der Waals surface area contributed by atoms with Gasteiger partial charge in [0.05, 0.1) is 0 Å². The molecule has 0 bridgehead atoms. The molecule has 72 valence electrons. The Morgan fingerprint density at radius 3 is 2.38 bits per heavy atom. The second kappa shape index (κ2) is 4.85. The van der Waals surface area contributed by atoms with E-state index in [9.17, 15) is 4.39 Å². The lowest BCUT2D eigenvalue weighted by Gasteiger charge is -2.07. The van der Waals surface area contributed by atoms with Gasteiger partial charge in [-0.2, -0.15) is 0 Å². The Morgan fingerprint density at radius 1 is 1.23 bits per heavy atom. The van der Waals surface area contributed by atoms with Gasteiger partial charge in [-0.05, 0) is 36.6 Å². The van der Waals surface area contributed by atoms with Crippen LogP contribution in [0.2, 0.25) is 0 Å². The van der Waals surface area contributed by atoms with Gasteiger partial charge in [-0.1, -0.05) is 13.8 Å². The van der Waals surface area contributed by atoms with E-state index in [4.69, 9.17) is 0 Å². The maximum Gasteiger partial charge on any atom is 0.123 e. The van der Waals surface area contributed by atoms with Crippen molar-refractivity contribution in [2.45, 2.75) is 20.3 Å². The van der Waals surface area contributed by atoms with Gasteiger partial charge in [-0.3, -0.25) is 0 Å². The minimum atomic E-state index is -0.186. The summed E-state index contributed by atoms with van der Waals surface area (Å²) >= 11 is 0. The zero-order chi connectivity index (χ0) is 9.68. The van der Waals surface area contributed by atoms with Crippen LogP contribution in [0.5, 0.6) is 0 Å². The van der Waals surface area contributed by atoms with E-state index in [1.807, 2.05) is 0 Å². The third kappa shape index (κ3) is 3.92. The fraction of sp³-hybridized carbons (Fsp3) is 0.455. The van der Waals surface area contributed by atoms with Gasteiger partial charge in [0.15, 0.2) is 0 Å². The predicted octanol–water partition coefficient (Wildman–Crippen LogP) is 3.28. The molecule has 0 saturated carbocycles. The lowest BCUT2D eigenvalue weighted by molar-refractivity contribution is 0.607. The molecular formula is C11H16FN. The molecule has 0 saturated heterocycles. The Kier molecular flexibility index (Phi) is 3.74. The van der Waals surface area contributed by atoms with Crippen LogP contribution < -0.4 is 5.32 Å². The normalized spacial score (nSPS) is 10.5. The first-order valence-corrected chi connectivity index (χ1v) is 4.68. The number of hydrogen-bond donors (Lipinski definition) is 1. The molecule has 13 heavy (non-hydrogen) atoms. The fourth-order valence-corrected chi connectivity index (χ4v) is 1.07. The van der Waals surface area contributed by atoms with E-state index < -0.39 is 0 Å². The summed E-state index contributed by atoms with van der Waals surface area (Å²) < 4.78 is 12.5. The first kappa shape index (κ1) is 10.0. The van der Waals surface area contributed by atoms with Crippen LogP contribution >= 0.6 is 0 Å². The molecule has 0 fully saturated rings. The third-order valence-corrected chi connectivity index (χ3v) is 1.90. The lowest BCUT2D eigenvalue weighted by Crippen LogP contribution is -2.04. The number of hydrogen-bond acceptors (Lipinski definition) is 1. The van der Waals surface area contributed by atoms with Crippen molar-refractivity contribution in [3.05, 3.63) is 30.1 Å². The van der Waals surface area contributed by atoms with E-state index in [-0.39, 0.29) is 5.82 Å². The Morgan fingerprint density at radius 2 is 1.85 bits per heavy atom. The number of halogens is 1. The van der Waals surface area contributed by atoms with Crippen molar-refractivity contribution in [3.8, 4) is 0 Å². The van der Waals surface area contributed by atoms with Crippen molar-refractivity contribution in [2.24, 2.45) is 5.92 Å². The summed E-state index contributed by atoms with van der Waals surface area (Å²) in [5.74, 6) is 0.516. The largest absolute Gasteiger partial charge is 0.385 e. The van der Waals surface area contributed by atoms with Crippen molar-refractivity contribution < 1.29 is 4.39 Å². The van der Waals surface area contributed by atoms with Crippen LogP contribution in [0.3, 0.4) is 0 Å². The summed E-state index contributed by atoms with van der Waals surface area (Å²) in [6, 6.07) is 6.46. The van der Waals surface area contributed by atoms with Gasteiger partial charge in [-0.25, -0.2) is 4.39 Å².